The van der Waals surface area contributed by atoms with E-state index in [2.05, 4.69) is 10.3 Å². The molecule has 0 radical (unpaired) electrons. The molecule has 1 aromatic carbocycles. The van der Waals surface area contributed by atoms with Gasteiger partial charge in [-0.2, -0.15) is 13.2 Å². The zero-order chi connectivity index (χ0) is 15.6. The van der Waals surface area contributed by atoms with Crippen molar-refractivity contribution < 1.29 is 27.5 Å². The number of carbonyl (C=O) groups is 1. The molecule has 1 aromatic heterocycles. The number of amides is 1. The number of alkyl halides is 3. The van der Waals surface area contributed by atoms with Crippen LogP contribution in [0.4, 0.5) is 18.9 Å². The molecule has 0 saturated heterocycles. The Hall–Kier alpha value is -2.51. The van der Waals surface area contributed by atoms with Crippen LogP contribution >= 0.6 is 0 Å². The maximum Gasteiger partial charge on any atom is 0.416 e. The van der Waals surface area contributed by atoms with Crippen molar-refractivity contribution in [1.82, 2.24) is 4.98 Å². The van der Waals surface area contributed by atoms with Gasteiger partial charge in [0, 0.05) is 6.42 Å². The Morgan fingerprint density at radius 3 is 2.76 bits per heavy atom. The van der Waals surface area contributed by atoms with Gasteiger partial charge in [-0.25, -0.2) is 4.98 Å². The smallest absolute Gasteiger partial charge is 0.416 e. The summed E-state index contributed by atoms with van der Waals surface area (Å²) in [4.78, 5) is 15.6. The second-order valence-electron chi connectivity index (χ2n) is 4.16. The number of nitrogens with one attached hydrogen (secondary N) is 1. The van der Waals surface area contributed by atoms with E-state index in [1.54, 1.807) is 6.92 Å². The molecule has 2 rings (SSSR count). The van der Waals surface area contributed by atoms with E-state index < -0.39 is 23.4 Å². The van der Waals surface area contributed by atoms with Crippen LogP contribution in [0.5, 0.6) is 5.75 Å². The van der Waals surface area contributed by atoms with E-state index in [1.165, 1.54) is 0 Å². The first kappa shape index (κ1) is 14.9. The van der Waals surface area contributed by atoms with Crippen LogP contribution in [0.1, 0.15) is 28.7 Å². The van der Waals surface area contributed by atoms with Crippen molar-refractivity contribution in [2.75, 3.05) is 5.32 Å². The van der Waals surface area contributed by atoms with Gasteiger partial charge in [-0.3, -0.25) is 4.79 Å². The summed E-state index contributed by atoms with van der Waals surface area (Å²) in [5.74, 6) is -0.924. The van der Waals surface area contributed by atoms with Crippen molar-refractivity contribution in [2.24, 2.45) is 0 Å². The van der Waals surface area contributed by atoms with Crippen LogP contribution in [0.25, 0.3) is 0 Å². The largest absolute Gasteiger partial charge is 0.506 e. The van der Waals surface area contributed by atoms with E-state index in [1.807, 2.05) is 0 Å². The highest BCUT2D eigenvalue weighted by atomic mass is 19.4. The number of benzene rings is 1. The fourth-order valence-electron chi connectivity index (χ4n) is 1.70. The molecule has 0 atom stereocenters. The topological polar surface area (TPSA) is 75.4 Å². The summed E-state index contributed by atoms with van der Waals surface area (Å²) >= 11 is 0. The number of carbonyl (C=O) groups excluding carboxylic acids is 1. The monoisotopic (exact) mass is 300 g/mol. The number of aryl methyl sites for hydroxylation is 1. The number of phenolic OH excluding ortho intramolecular Hbond substituents is 1. The normalized spacial score (nSPS) is 11.4. The zero-order valence-electron chi connectivity index (χ0n) is 10.9. The summed E-state index contributed by atoms with van der Waals surface area (Å²) in [5, 5.41) is 11.7. The average Bonchev–Trinajstić information content (AvgIpc) is 2.88. The zero-order valence-corrected chi connectivity index (χ0v) is 10.9. The summed E-state index contributed by atoms with van der Waals surface area (Å²) in [7, 11) is 0. The molecule has 0 fully saturated rings. The third-order valence-electron chi connectivity index (χ3n) is 2.75. The number of aromatic hydroxyl groups is 1. The second-order valence-corrected chi connectivity index (χ2v) is 4.16. The van der Waals surface area contributed by atoms with Crippen molar-refractivity contribution in [2.45, 2.75) is 19.5 Å². The minimum Gasteiger partial charge on any atom is -0.506 e. The van der Waals surface area contributed by atoms with Crippen LogP contribution in [-0.4, -0.2) is 16.0 Å². The van der Waals surface area contributed by atoms with Gasteiger partial charge in [-0.05, 0) is 18.2 Å². The first-order valence-corrected chi connectivity index (χ1v) is 5.97. The van der Waals surface area contributed by atoms with Crippen LogP contribution in [0, 0.1) is 0 Å². The summed E-state index contributed by atoms with van der Waals surface area (Å²) in [6.45, 7) is 1.74. The van der Waals surface area contributed by atoms with Crippen LogP contribution in [0.3, 0.4) is 0 Å². The van der Waals surface area contributed by atoms with Gasteiger partial charge in [0.25, 0.3) is 5.91 Å². The predicted octanol–water partition coefficient (Wildman–Crippen LogP) is 3.21. The predicted molar refractivity (Wildman–Crippen MR) is 66.9 cm³/mol. The highest BCUT2D eigenvalue weighted by molar-refractivity contribution is 6.04. The van der Waals surface area contributed by atoms with E-state index in [0.29, 0.717) is 18.2 Å². The molecule has 1 amide bonds. The highest BCUT2D eigenvalue weighted by Gasteiger charge is 2.31. The van der Waals surface area contributed by atoms with Gasteiger partial charge in [0.2, 0.25) is 0 Å². The van der Waals surface area contributed by atoms with E-state index in [0.717, 1.165) is 18.5 Å². The van der Waals surface area contributed by atoms with Crippen molar-refractivity contribution in [3.63, 3.8) is 0 Å². The molecule has 0 aliphatic rings. The minimum atomic E-state index is -4.57. The lowest BCUT2D eigenvalue weighted by Crippen LogP contribution is -2.15. The van der Waals surface area contributed by atoms with Crippen LogP contribution in [-0.2, 0) is 12.6 Å². The Labute approximate surface area is 117 Å². The number of phenols is 1. The van der Waals surface area contributed by atoms with Gasteiger partial charge in [-0.15, -0.1) is 0 Å². The summed E-state index contributed by atoms with van der Waals surface area (Å²) in [6.07, 6.45) is -3.10. The molecule has 8 heteroatoms. The first-order valence-electron chi connectivity index (χ1n) is 5.97. The molecule has 0 unspecified atom stereocenters. The van der Waals surface area contributed by atoms with Gasteiger partial charge in [0.15, 0.2) is 12.1 Å². The Morgan fingerprint density at radius 2 is 2.14 bits per heavy atom. The Morgan fingerprint density at radius 1 is 1.43 bits per heavy atom. The maximum atomic E-state index is 12.6. The number of rotatable bonds is 3. The molecule has 0 saturated carbocycles. The maximum absolute atomic E-state index is 12.6. The first-order chi connectivity index (χ1) is 9.82. The summed E-state index contributed by atoms with van der Waals surface area (Å²) < 4.78 is 42.8. The fraction of sp³-hybridized carbons (Fsp3) is 0.231. The van der Waals surface area contributed by atoms with E-state index in [-0.39, 0.29) is 11.4 Å². The SMILES string of the molecule is CCc1ocnc1C(=O)Nc1cc(C(F)(F)F)ccc1O. The van der Waals surface area contributed by atoms with E-state index >= 15 is 0 Å². The third-order valence-corrected chi connectivity index (χ3v) is 2.75. The van der Waals surface area contributed by atoms with Crippen molar-refractivity contribution in [3.05, 3.63) is 41.6 Å². The Balaban J connectivity index is 2.29. The third kappa shape index (κ3) is 3.15. The summed E-state index contributed by atoms with van der Waals surface area (Å²) in [5.41, 5.74) is -1.36. The van der Waals surface area contributed by atoms with Gasteiger partial charge < -0.3 is 14.8 Å². The van der Waals surface area contributed by atoms with Crippen LogP contribution in [0.15, 0.2) is 29.0 Å². The molecule has 2 N–H and O–H groups in total. The molecule has 0 aliphatic heterocycles. The molecular formula is C13H11F3N2O3. The Bertz CT molecular complexity index is 665. The van der Waals surface area contributed by atoms with E-state index in [9.17, 15) is 23.1 Å². The van der Waals surface area contributed by atoms with Gasteiger partial charge in [0.05, 0.1) is 11.3 Å². The van der Waals surface area contributed by atoms with Crippen LogP contribution in [0.2, 0.25) is 0 Å². The summed E-state index contributed by atoms with van der Waals surface area (Å²) in [6, 6.07) is 2.24. The minimum absolute atomic E-state index is 0.0330. The van der Waals surface area contributed by atoms with Crippen molar-refractivity contribution >= 4 is 11.6 Å². The molecular weight excluding hydrogens is 289 g/mol. The quantitative estimate of drug-likeness (QED) is 0.853. The molecule has 0 spiro atoms. The molecule has 1 heterocycles. The molecule has 0 bridgehead atoms. The second kappa shape index (κ2) is 5.47. The fourth-order valence-corrected chi connectivity index (χ4v) is 1.70. The number of hydrogen-bond donors (Lipinski definition) is 2. The lowest BCUT2D eigenvalue weighted by atomic mass is 10.1. The number of oxazole rings is 1. The standard InChI is InChI=1S/C13H11F3N2O3/c1-2-10-11(17-6-21-10)12(20)18-8-5-7(13(14,15)16)3-4-9(8)19/h3-6,19H,2H2,1H3,(H,18,20). The highest BCUT2D eigenvalue weighted by Crippen LogP contribution is 2.34. The number of aromatic nitrogens is 1. The molecule has 112 valence electrons. The molecule has 0 aliphatic carbocycles. The van der Waals surface area contributed by atoms with Gasteiger partial charge >= 0.3 is 6.18 Å². The molecule has 21 heavy (non-hydrogen) atoms. The number of halogens is 3. The number of nitrogens with zero attached hydrogens (tertiary/aromatic N) is 1. The number of anilines is 1. The van der Waals surface area contributed by atoms with E-state index in [4.69, 9.17) is 4.42 Å². The Kier molecular flexibility index (Phi) is 3.88. The number of hydrogen-bond acceptors (Lipinski definition) is 4. The lowest BCUT2D eigenvalue weighted by molar-refractivity contribution is -0.137. The lowest BCUT2D eigenvalue weighted by Gasteiger charge is -2.11. The molecule has 5 nitrogen and oxygen atoms in total. The van der Waals surface area contributed by atoms with Crippen molar-refractivity contribution in [3.8, 4) is 5.75 Å². The van der Waals surface area contributed by atoms with Gasteiger partial charge in [0.1, 0.15) is 11.5 Å². The average molecular weight is 300 g/mol. The van der Waals surface area contributed by atoms with Crippen molar-refractivity contribution in [1.29, 1.82) is 0 Å². The van der Waals surface area contributed by atoms with Crippen LogP contribution < -0.4 is 5.32 Å². The molecule has 2 aromatic rings. The van der Waals surface area contributed by atoms with Gasteiger partial charge in [-0.1, -0.05) is 6.92 Å².